The van der Waals surface area contributed by atoms with E-state index in [0.717, 1.165) is 20.5 Å². The number of hydrogen-bond acceptors (Lipinski definition) is 4. The zero-order chi connectivity index (χ0) is 74.9. The minimum Gasteiger partial charge on any atom is -0.309 e. The Kier molecular flexibility index (Phi) is 4.47. The monoisotopic (exact) mass is 960 g/mol. The molecule has 0 aliphatic carbocycles. The maximum absolute atomic E-state index is 10.8. The van der Waals surface area contributed by atoms with Gasteiger partial charge in [0.2, 0.25) is 5.95 Å². The summed E-state index contributed by atoms with van der Waals surface area (Å²) in [7, 11) is -6.57. The molecule has 0 atom stereocenters. The molecular weight excluding hydrogens is 887 g/mol. The van der Waals surface area contributed by atoms with Crippen LogP contribution in [0.2, 0.25) is 0 Å². The zero-order valence-electron chi connectivity index (χ0n) is 68.3. The van der Waals surface area contributed by atoms with E-state index in [2.05, 4.69) is 0 Å². The Balaban J connectivity index is 1.26. The zero-order valence-corrected chi connectivity index (χ0v) is 37.1. The molecule has 0 N–H and O–H groups in total. The molecule has 0 aliphatic rings. The predicted octanol–water partition coefficient (Wildman–Crippen LogP) is 13.1. The second-order valence-electron chi connectivity index (χ2n) is 15.4. The molecule has 7 heteroatoms. The number of thiophene rings is 1. The van der Waals surface area contributed by atoms with Gasteiger partial charge in [-0.3, -0.25) is 4.57 Å². The lowest BCUT2D eigenvalue weighted by Gasteiger charge is -2.34. The summed E-state index contributed by atoms with van der Waals surface area (Å²) in [6, 6.07) is -22.3. The molecule has 14 aromatic rings. The highest BCUT2D eigenvalue weighted by molar-refractivity contribution is 7.26. The molecule has 70 heavy (non-hydrogen) atoms. The fraction of sp³-hybridized carbons (Fsp3) is 0. The van der Waals surface area contributed by atoms with Crippen LogP contribution in [-0.4, -0.2) is 32.2 Å². The van der Waals surface area contributed by atoms with Crippen LogP contribution in [0.15, 0.2) is 248 Å². The summed E-state index contributed by atoms with van der Waals surface area (Å²) >= 11 is 1.09. The Morgan fingerprint density at radius 1 is 0.386 bits per heavy atom. The van der Waals surface area contributed by atoms with E-state index in [4.69, 9.17) is 35.5 Å². The van der Waals surface area contributed by atoms with Crippen LogP contribution in [0.25, 0.3) is 98.2 Å². The molecule has 0 amide bonds. The average Bonchev–Trinajstić information content (AvgIpc) is 1.23. The molecule has 0 bridgehead atoms. The number of hydrogen-bond donors (Lipinski definition) is 0. The van der Waals surface area contributed by atoms with Gasteiger partial charge in [0.25, 0.3) is 0 Å². The first kappa shape index (κ1) is 19.3. The fourth-order valence-electron chi connectivity index (χ4n) is 8.98. The van der Waals surface area contributed by atoms with Crippen LogP contribution in [0.3, 0.4) is 0 Å². The van der Waals surface area contributed by atoms with Crippen molar-refractivity contribution in [2.75, 3.05) is 0 Å². The van der Waals surface area contributed by atoms with Crippen molar-refractivity contribution >= 4 is 104 Å². The van der Waals surface area contributed by atoms with Gasteiger partial charge in [0.1, 0.15) is 0 Å². The molecule has 4 aromatic heterocycles. The maximum Gasteiger partial charge on any atom is 0.238 e. The van der Waals surface area contributed by atoms with Crippen molar-refractivity contribution in [2.24, 2.45) is 0 Å². The number of nitrogens with zero attached hydrogens (tertiary/aromatic N) is 5. The summed E-state index contributed by atoms with van der Waals surface area (Å²) in [6.07, 6.45) is 0. The number of fused-ring (bicyclic) bond motifs is 10. The van der Waals surface area contributed by atoms with Gasteiger partial charge in [0, 0.05) is 52.8 Å². The van der Waals surface area contributed by atoms with E-state index in [9.17, 15) is 24.7 Å². The van der Waals surface area contributed by atoms with Gasteiger partial charge in [-0.05, 0) is 69.2 Å². The molecule has 0 aliphatic heterocycles. The van der Waals surface area contributed by atoms with Gasteiger partial charge in [-0.1, -0.05) is 200 Å². The molecule has 0 saturated heterocycles. The highest BCUT2D eigenvalue weighted by Crippen LogP contribution is 2.43. The topological polar surface area (TPSA) is 48.5 Å². The highest BCUT2D eigenvalue weighted by Gasteiger charge is 2.41. The van der Waals surface area contributed by atoms with Crippen molar-refractivity contribution in [3.8, 4) is 34.4 Å². The minimum absolute atomic E-state index is 0.0591. The molecule has 0 unspecified atom stereocenters. The molecule has 4 heterocycles. The first-order valence-corrected chi connectivity index (χ1v) is 23.8. The molecule has 14 rings (SSSR count). The quantitative estimate of drug-likeness (QED) is 0.113. The summed E-state index contributed by atoms with van der Waals surface area (Å²) in [6.45, 7) is 0. The second-order valence-corrected chi connectivity index (χ2v) is 20.0. The van der Waals surface area contributed by atoms with Gasteiger partial charge >= 0.3 is 0 Å². The Bertz CT molecular complexity index is 6000. The van der Waals surface area contributed by atoms with E-state index in [-0.39, 0.29) is 37.6 Å². The Labute approximate surface area is 455 Å². The van der Waals surface area contributed by atoms with Crippen molar-refractivity contribution < 1.29 is 45.2 Å². The van der Waals surface area contributed by atoms with Crippen LogP contribution in [0.4, 0.5) is 0 Å². The SMILES string of the molecule is [2H]c1c([2H])c([2H])c([Si](c2c([2H])c([2H])c([2H])c([2H])c2[2H])(c2c([2H])c([2H])c([2H])c([2H])c2[2H])c2c([2H])c([2H])c([2H])c(-c3nc(-c4ccccc4-n4c5c([2H])c([2H])c([2H])c([2H])c5c5c([2H])c([2H])c([2H])c([2H])c54)nc(-n4c5c([2H])c([2H])c([2H])c([2H])c5c5c6c(sc7ccccc76)c([2H])c([2H])c54)n3)c2[2H])c([2H])c1[2H]. The van der Waals surface area contributed by atoms with Crippen molar-refractivity contribution in [2.45, 2.75) is 0 Å². The minimum atomic E-state index is -6.57. The first-order chi connectivity index (χ1) is 48.4. The van der Waals surface area contributed by atoms with Gasteiger partial charge in [0.15, 0.2) is 19.7 Å². The largest absolute Gasteiger partial charge is 0.309 e. The van der Waals surface area contributed by atoms with Gasteiger partial charge in [-0.25, -0.2) is 4.98 Å². The normalized spacial score (nSPS) is 18.6. The van der Waals surface area contributed by atoms with Crippen LogP contribution >= 0.6 is 11.3 Å². The lowest BCUT2D eigenvalue weighted by atomic mass is 10.1. The van der Waals surface area contributed by atoms with Gasteiger partial charge < -0.3 is 4.57 Å². The van der Waals surface area contributed by atoms with Crippen LogP contribution < -0.4 is 20.7 Å². The summed E-state index contributed by atoms with van der Waals surface area (Å²) in [5.41, 5.74) is -3.44. The number of rotatable bonds is 8. The Hall–Kier alpha value is -8.75. The average molecular weight is 961 g/mol. The van der Waals surface area contributed by atoms with E-state index < -0.39 is 279 Å². The third-order valence-corrected chi connectivity index (χ3v) is 16.9. The number of aromatic nitrogens is 5. The molecule has 0 spiro atoms. The summed E-state index contributed by atoms with van der Waals surface area (Å²) < 4.78 is 313. The Morgan fingerprint density at radius 2 is 0.929 bits per heavy atom. The molecule has 328 valence electrons. The molecule has 0 fully saturated rings. The number of benzene rings is 10. The first-order valence-electron chi connectivity index (χ1n) is 37.5. The third kappa shape index (κ3) is 6.12. The summed E-state index contributed by atoms with van der Waals surface area (Å²) in [4.78, 5) is 14.6. The maximum atomic E-state index is 10.8. The lowest BCUT2D eigenvalue weighted by molar-refractivity contribution is 0.952. The van der Waals surface area contributed by atoms with Crippen molar-refractivity contribution in [1.82, 2.24) is 24.1 Å². The highest BCUT2D eigenvalue weighted by atomic mass is 32.1. The van der Waals surface area contributed by atoms with Gasteiger partial charge in [-0.15, -0.1) is 11.3 Å². The van der Waals surface area contributed by atoms with Crippen molar-refractivity contribution in [3.05, 3.63) is 248 Å². The third-order valence-electron chi connectivity index (χ3n) is 11.8. The standard InChI is InChI=1S/C63H41N5SSi/c1-4-22-43(23-5-1)70(44-24-6-2-7-25-44,45-26-8-3-9-27-45)46-28-20-21-42(41-46)61-64-62(50-32-13-18-37-55(50)67-52-34-15-10-29-47(52)48-30-11-16-35-53(48)67)66-63(65-61)68-54-36-17-12-31-49(54)59-56(68)39-40-58-60(59)51-33-14-19-38-57(51)69-58/h1-41H/i1D,2D,3D,4D,5D,6D,7D,8D,9D,10D,11D,12D,15D,16D,17D,20D,21D,22D,23D,24D,25D,26D,27D,28D,29D,30D,31D,34D,35D,36D,39D,40D,41D. The Morgan fingerprint density at radius 3 is 1.60 bits per heavy atom. The lowest BCUT2D eigenvalue weighted by Crippen LogP contribution is -2.74. The molecule has 10 aromatic carbocycles. The molecule has 0 saturated carbocycles. The van der Waals surface area contributed by atoms with E-state index in [1.165, 1.54) is 24.3 Å². The van der Waals surface area contributed by atoms with Crippen LogP contribution in [0, 0.1) is 0 Å². The van der Waals surface area contributed by atoms with Crippen LogP contribution in [0.5, 0.6) is 0 Å². The van der Waals surface area contributed by atoms with Gasteiger partial charge in [0.05, 0.1) is 73.0 Å². The van der Waals surface area contributed by atoms with Gasteiger partial charge in [-0.2, -0.15) is 9.97 Å². The smallest absolute Gasteiger partial charge is 0.238 e. The summed E-state index contributed by atoms with van der Waals surface area (Å²) in [5.74, 6) is -2.59. The van der Waals surface area contributed by atoms with Crippen LogP contribution in [0.1, 0.15) is 45.2 Å². The van der Waals surface area contributed by atoms with E-state index >= 15 is 0 Å². The number of para-hydroxylation sites is 4. The fourth-order valence-corrected chi connectivity index (χ4v) is 13.6. The molecular formula is C63H41N5SSi. The van der Waals surface area contributed by atoms with Crippen molar-refractivity contribution in [1.29, 1.82) is 0 Å². The van der Waals surface area contributed by atoms with Crippen molar-refractivity contribution in [3.63, 3.8) is 0 Å². The van der Waals surface area contributed by atoms with E-state index in [0.29, 0.717) is 10.1 Å². The summed E-state index contributed by atoms with van der Waals surface area (Å²) in [5, 5.41) is -5.24. The second kappa shape index (κ2) is 16.2. The van der Waals surface area contributed by atoms with E-state index in [1.807, 2.05) is 0 Å². The molecule has 5 nitrogen and oxygen atoms in total. The predicted molar refractivity (Wildman–Crippen MR) is 296 cm³/mol. The molecule has 0 radical (unpaired) electrons. The van der Waals surface area contributed by atoms with Crippen LogP contribution in [-0.2, 0) is 0 Å². The van der Waals surface area contributed by atoms with E-state index in [1.54, 1.807) is 24.3 Å².